The molecule has 3 unspecified atom stereocenters. The van der Waals surface area contributed by atoms with E-state index < -0.39 is 29.7 Å². The number of aromatic nitrogens is 1. The molecule has 0 radical (unpaired) electrons. The van der Waals surface area contributed by atoms with Crippen LogP contribution in [0.15, 0.2) is 23.5 Å². The molecule has 6 nitrogen and oxygen atoms in total. The van der Waals surface area contributed by atoms with Crippen LogP contribution in [0.2, 0.25) is 0 Å². The fourth-order valence-electron chi connectivity index (χ4n) is 4.36. The van der Waals surface area contributed by atoms with Crippen LogP contribution in [-0.2, 0) is 27.1 Å². The first-order valence-electron chi connectivity index (χ1n) is 10.1. The summed E-state index contributed by atoms with van der Waals surface area (Å²) in [6.07, 6.45) is -1.24. The molecule has 30 heavy (non-hydrogen) atoms. The normalized spacial score (nSPS) is 26.9. The molecule has 0 spiro atoms. The number of halogens is 3. The summed E-state index contributed by atoms with van der Waals surface area (Å²) in [5.74, 6) is -2.11. The van der Waals surface area contributed by atoms with E-state index in [-0.39, 0.29) is 41.0 Å². The van der Waals surface area contributed by atoms with Gasteiger partial charge in [0.15, 0.2) is 12.1 Å². The predicted octanol–water partition coefficient (Wildman–Crippen LogP) is 4.14. The van der Waals surface area contributed by atoms with Crippen LogP contribution in [0.3, 0.4) is 0 Å². The number of hydrogen-bond donors (Lipinski definition) is 1. The van der Waals surface area contributed by atoms with Crippen molar-refractivity contribution < 1.29 is 37.3 Å². The van der Waals surface area contributed by atoms with Crippen molar-refractivity contribution in [1.29, 1.82) is 0 Å². The molecular formula is C21H22F3NO5. The molecule has 1 aromatic heterocycles. The van der Waals surface area contributed by atoms with Crippen molar-refractivity contribution in [2.75, 3.05) is 6.61 Å². The molecule has 1 saturated heterocycles. The van der Waals surface area contributed by atoms with Crippen molar-refractivity contribution in [2.45, 2.75) is 57.6 Å². The number of hydrogen-bond acceptors (Lipinski definition) is 6. The van der Waals surface area contributed by atoms with Crippen LogP contribution >= 0.6 is 0 Å². The van der Waals surface area contributed by atoms with Crippen molar-refractivity contribution in [1.82, 2.24) is 4.98 Å². The molecule has 9 heteroatoms. The van der Waals surface area contributed by atoms with Crippen LogP contribution in [-0.4, -0.2) is 34.6 Å². The van der Waals surface area contributed by atoms with Crippen molar-refractivity contribution >= 4 is 11.6 Å². The highest BCUT2D eigenvalue weighted by Crippen LogP contribution is 2.43. The van der Waals surface area contributed by atoms with Gasteiger partial charge in [-0.1, -0.05) is 0 Å². The maximum absolute atomic E-state index is 13.2. The Bertz CT molecular complexity index is 889. The Morgan fingerprint density at radius 3 is 2.67 bits per heavy atom. The minimum absolute atomic E-state index is 0.171. The van der Waals surface area contributed by atoms with Crippen LogP contribution in [0.4, 0.5) is 13.2 Å². The molecule has 2 heterocycles. The van der Waals surface area contributed by atoms with Gasteiger partial charge in [-0.15, -0.1) is 0 Å². The van der Waals surface area contributed by atoms with Crippen LogP contribution in [0.25, 0.3) is 0 Å². The Morgan fingerprint density at radius 1 is 1.20 bits per heavy atom. The van der Waals surface area contributed by atoms with Crippen molar-refractivity contribution in [3.05, 3.63) is 40.4 Å². The molecule has 1 aliphatic heterocycles. The van der Waals surface area contributed by atoms with Gasteiger partial charge in [-0.3, -0.25) is 9.59 Å². The molecule has 1 N–H and O–H groups in total. The first kappa shape index (κ1) is 21.0. The van der Waals surface area contributed by atoms with E-state index in [0.29, 0.717) is 38.4 Å². The van der Waals surface area contributed by atoms with Gasteiger partial charge in [-0.25, -0.2) is 4.98 Å². The fraction of sp³-hybridized carbons (Fsp3) is 0.571. The Morgan fingerprint density at radius 2 is 1.97 bits per heavy atom. The van der Waals surface area contributed by atoms with E-state index in [1.54, 1.807) is 0 Å². The van der Waals surface area contributed by atoms with Crippen molar-refractivity contribution in [2.24, 2.45) is 11.8 Å². The maximum atomic E-state index is 13.2. The summed E-state index contributed by atoms with van der Waals surface area (Å²) in [4.78, 5) is 29.4. The van der Waals surface area contributed by atoms with Gasteiger partial charge in [0, 0.05) is 24.0 Å². The molecule has 2 fully saturated rings. The predicted molar refractivity (Wildman–Crippen MR) is 97.4 cm³/mol. The van der Waals surface area contributed by atoms with E-state index in [4.69, 9.17) is 9.47 Å². The average molecular weight is 425 g/mol. The van der Waals surface area contributed by atoms with E-state index in [1.165, 1.54) is 0 Å². The van der Waals surface area contributed by atoms with Gasteiger partial charge >= 0.3 is 6.18 Å². The number of aliphatic hydroxyl groups is 1. The number of fused-ring (bicyclic) bond motifs is 2. The molecule has 3 aliphatic rings. The van der Waals surface area contributed by atoms with Crippen LogP contribution in [0.5, 0.6) is 0 Å². The summed E-state index contributed by atoms with van der Waals surface area (Å²) in [6, 6.07) is 1.70. The zero-order chi connectivity index (χ0) is 21.5. The number of carbonyl (C=O) groups is 2. The SMILES string of the molecule is O=C(C1=C(O)C2CCC(C2)C1=O)c1ccc(C(F)(F)F)nc1COC1CCCCO1. The monoisotopic (exact) mass is 425 g/mol. The minimum atomic E-state index is -4.70. The second-order valence-electron chi connectivity index (χ2n) is 7.96. The smallest absolute Gasteiger partial charge is 0.433 e. The number of Topliss-reactive ketones (excluding diaryl/α,β-unsaturated/α-hetero) is 2. The number of carbonyl (C=O) groups excluding carboxylic acids is 2. The number of pyridine rings is 1. The molecule has 162 valence electrons. The van der Waals surface area contributed by atoms with Crippen LogP contribution in [0.1, 0.15) is 60.3 Å². The van der Waals surface area contributed by atoms with E-state index in [9.17, 15) is 27.9 Å². The number of alkyl halides is 3. The number of nitrogens with zero attached hydrogens (tertiary/aromatic N) is 1. The lowest BCUT2D eigenvalue weighted by atomic mass is 9.83. The number of allylic oxidation sites excluding steroid dienone is 2. The summed E-state index contributed by atoms with van der Waals surface area (Å²) in [6.45, 7) is 0.120. The average Bonchev–Trinajstić information content (AvgIpc) is 3.18. The minimum Gasteiger partial charge on any atom is -0.511 e. The molecule has 4 rings (SSSR count). The molecule has 0 amide bonds. The molecule has 0 aromatic carbocycles. The van der Waals surface area contributed by atoms with Crippen LogP contribution < -0.4 is 0 Å². The van der Waals surface area contributed by atoms with Gasteiger partial charge in [-0.05, 0) is 50.7 Å². The first-order valence-corrected chi connectivity index (χ1v) is 10.1. The third kappa shape index (κ3) is 4.00. The molecule has 1 aromatic rings. The number of rotatable bonds is 5. The third-order valence-electron chi connectivity index (χ3n) is 5.97. The van der Waals surface area contributed by atoms with E-state index >= 15 is 0 Å². The standard InChI is InChI=1S/C21H22F3NO5/c22-21(23,24)15-7-6-13(14(25-15)10-30-16-3-1-2-8-29-16)20(28)17-18(26)11-4-5-12(9-11)19(17)27/h6-7,11-12,16,26H,1-5,8-10H2. The highest BCUT2D eigenvalue weighted by atomic mass is 19.4. The highest BCUT2D eigenvalue weighted by molar-refractivity contribution is 6.28. The molecule has 1 saturated carbocycles. The van der Waals surface area contributed by atoms with Gasteiger partial charge in [0.2, 0.25) is 5.78 Å². The first-order chi connectivity index (χ1) is 14.3. The zero-order valence-electron chi connectivity index (χ0n) is 16.2. The van der Waals surface area contributed by atoms with Gasteiger partial charge < -0.3 is 14.6 Å². The van der Waals surface area contributed by atoms with E-state index in [2.05, 4.69) is 4.98 Å². The topological polar surface area (TPSA) is 85.7 Å². The number of ketones is 2. The van der Waals surface area contributed by atoms with Gasteiger partial charge in [0.05, 0.1) is 12.3 Å². The maximum Gasteiger partial charge on any atom is 0.433 e. The van der Waals surface area contributed by atoms with E-state index in [1.807, 2.05) is 0 Å². The lowest BCUT2D eigenvalue weighted by Crippen LogP contribution is -2.28. The van der Waals surface area contributed by atoms with Crippen molar-refractivity contribution in [3.8, 4) is 0 Å². The van der Waals surface area contributed by atoms with Crippen molar-refractivity contribution in [3.63, 3.8) is 0 Å². The molecular weight excluding hydrogens is 403 g/mol. The summed E-state index contributed by atoms with van der Waals surface area (Å²) >= 11 is 0. The fourth-order valence-corrected chi connectivity index (χ4v) is 4.36. The Labute approximate surface area is 171 Å². The Balaban J connectivity index is 1.66. The molecule has 3 atom stereocenters. The largest absolute Gasteiger partial charge is 0.511 e. The second kappa shape index (κ2) is 8.11. The summed E-state index contributed by atoms with van der Waals surface area (Å²) in [7, 11) is 0. The number of aliphatic hydroxyl groups excluding tert-OH is 1. The summed E-state index contributed by atoms with van der Waals surface area (Å²) < 4.78 is 50.5. The third-order valence-corrected chi connectivity index (χ3v) is 5.97. The van der Waals surface area contributed by atoms with Gasteiger partial charge in [0.1, 0.15) is 17.0 Å². The van der Waals surface area contributed by atoms with E-state index in [0.717, 1.165) is 18.9 Å². The van der Waals surface area contributed by atoms with Gasteiger partial charge in [-0.2, -0.15) is 13.2 Å². The number of ether oxygens (including phenoxy) is 2. The Kier molecular flexibility index (Phi) is 5.67. The molecule has 2 aliphatic carbocycles. The zero-order valence-corrected chi connectivity index (χ0v) is 16.2. The summed E-state index contributed by atoms with van der Waals surface area (Å²) in [5.41, 5.74) is -1.88. The molecule has 2 bridgehead atoms. The quantitative estimate of drug-likeness (QED) is 0.564. The Hall–Kier alpha value is -2.26. The van der Waals surface area contributed by atoms with Gasteiger partial charge in [0.25, 0.3) is 0 Å². The highest BCUT2D eigenvalue weighted by Gasteiger charge is 2.44. The summed E-state index contributed by atoms with van der Waals surface area (Å²) in [5, 5.41) is 10.5. The lowest BCUT2D eigenvalue weighted by molar-refractivity contribution is -0.169. The van der Waals surface area contributed by atoms with Crippen LogP contribution in [0, 0.1) is 11.8 Å². The lowest BCUT2D eigenvalue weighted by Gasteiger charge is -2.24. The second-order valence-corrected chi connectivity index (χ2v) is 7.96.